The summed E-state index contributed by atoms with van der Waals surface area (Å²) in [6.07, 6.45) is 12.7. The van der Waals surface area contributed by atoms with E-state index in [0.29, 0.717) is 63.9 Å². The van der Waals surface area contributed by atoms with Crippen molar-refractivity contribution in [3.8, 4) is 11.5 Å². The summed E-state index contributed by atoms with van der Waals surface area (Å²) in [4.78, 5) is 160. The lowest BCUT2D eigenvalue weighted by atomic mass is 10.1. The van der Waals surface area contributed by atoms with Crippen LogP contribution in [-0.4, -0.2) is 211 Å². The summed E-state index contributed by atoms with van der Waals surface area (Å²) in [5.41, 5.74) is 18.5. The Hall–Kier alpha value is -16.5. The normalized spacial score (nSPS) is 12.5. The first-order valence-corrected chi connectivity index (χ1v) is 39.0. The van der Waals surface area contributed by atoms with Gasteiger partial charge in [-0.3, -0.25) is 33.6 Å². The molecule has 0 bridgehead atoms. The maximum Gasteiger partial charge on any atom is 0.356 e. The maximum atomic E-state index is 11.6. The van der Waals surface area contributed by atoms with Crippen LogP contribution in [0, 0.1) is 6.92 Å². The highest BCUT2D eigenvalue weighted by Gasteiger charge is 2.25. The van der Waals surface area contributed by atoms with Gasteiger partial charge in [0.25, 0.3) is 5.91 Å². The summed E-state index contributed by atoms with van der Waals surface area (Å²) in [6, 6.07) is 48.1. The van der Waals surface area contributed by atoms with Crippen molar-refractivity contribution in [1.82, 2.24) is 75.1 Å². The number of aromatic amines is 6. The number of esters is 1. The Kier molecular flexibility index (Phi) is 23.3. The van der Waals surface area contributed by atoms with Crippen molar-refractivity contribution in [3.63, 3.8) is 0 Å². The van der Waals surface area contributed by atoms with E-state index in [-0.39, 0.29) is 17.3 Å². The standard InChI is InChI=1S/C21H19N5O.C15H14N4O2.C15H14N2O3.C14H11N3O2.C14H10N2O3.C13H8N2O3/c27-13-15-6-7-18-17(12-15)19-20(24-18)21(23-14-22-19)26-10-8-25(9-11-26)16-4-2-1-3-5-16;20-8-10-1-2-12-11(7-10)13-14(18-12)15(17-9-16-13)19-3-5-21-6-4-19;1-8-15-11(4-9(7-18)16-8)10-5-13(19-2)14(20-3)6-12(10)17-15;1-15-14(19)12-5-10-9-4-8(7-18)2-3-11(9)17-13(10)6-16-12;1-19-14(18)12-5-10-9-4-8(7-17)2-3-11(9)16-13(10)6-15-12;16-6-7-1-2-10-8(3-7)9-4-11(13(17)18)14-5-12(9)15-10/h1-7,12-14,24H,8-11H2;1-2,7-9,18H,3-6H2;4-7,17H,1-3H3;2-7,17H,1H3,(H,15,19);2-7,16H,1H3;1-6,15H,(H,17,18). The molecule has 14 heterocycles. The maximum absolute atomic E-state index is 11.6. The van der Waals surface area contributed by atoms with Gasteiger partial charge in [0.05, 0.1) is 86.4 Å². The number of ether oxygens (including phenoxy) is 4. The number of rotatable bonds is 14. The second-order valence-corrected chi connectivity index (χ2v) is 28.8. The summed E-state index contributed by atoms with van der Waals surface area (Å²) >= 11 is 0. The van der Waals surface area contributed by atoms with E-state index in [1.54, 1.807) is 113 Å². The number of carbonyl (C=O) groups excluding carboxylic acids is 8. The van der Waals surface area contributed by atoms with E-state index in [9.17, 15) is 43.2 Å². The number of aromatic carboxylic acids is 1. The molecule has 19 aromatic rings. The van der Waals surface area contributed by atoms with E-state index >= 15 is 0 Å². The van der Waals surface area contributed by atoms with Gasteiger partial charge < -0.3 is 74.0 Å². The number of fused-ring (bicyclic) bond motifs is 18. The third-order valence-electron chi connectivity index (χ3n) is 21.5. The van der Waals surface area contributed by atoms with Crippen LogP contribution < -0.4 is 29.5 Å². The second-order valence-electron chi connectivity index (χ2n) is 28.8. The minimum absolute atomic E-state index is 0.0140. The molecule has 7 aromatic carbocycles. The van der Waals surface area contributed by atoms with Crippen molar-refractivity contribution in [2.75, 3.05) is 95.6 Å². The molecule has 2 aliphatic heterocycles. The largest absolute Gasteiger partial charge is 0.493 e. The molecule has 0 radical (unpaired) electrons. The van der Waals surface area contributed by atoms with Crippen LogP contribution in [0.3, 0.4) is 0 Å². The van der Waals surface area contributed by atoms with Crippen LogP contribution in [0.2, 0.25) is 0 Å². The highest BCUT2D eigenvalue weighted by atomic mass is 16.5. The van der Waals surface area contributed by atoms with Gasteiger partial charge in [-0.15, -0.1) is 0 Å². The molecule has 32 nitrogen and oxygen atoms in total. The first-order chi connectivity index (χ1) is 60.5. The number of para-hydroxylation sites is 1. The smallest absolute Gasteiger partial charge is 0.356 e. The summed E-state index contributed by atoms with van der Waals surface area (Å²) in [6.45, 7) is 8.63. The van der Waals surface area contributed by atoms with Gasteiger partial charge in [-0.1, -0.05) is 18.2 Å². The highest BCUT2D eigenvalue weighted by molar-refractivity contribution is 6.15. The zero-order chi connectivity index (χ0) is 86.2. The SMILES string of the molecule is CNC(=O)c1cc2c(cn1)[nH]c1ccc(C=O)cc12.COC(=O)c1cc2c(cn1)[nH]c1ccc(C=O)cc12.COc1cc2[nH]c3c(C)nc(C=O)cc3c2cc1OC.O=Cc1ccc2[nH]c3c(N4CCN(c5ccccc5)CC4)ncnc3c2c1.O=Cc1ccc2[nH]c3c(N4CCOCC4)ncnc3c2c1.O=Cc1ccc2[nH]c3cnc(C(=O)O)cc3c2c1. The van der Waals surface area contributed by atoms with Gasteiger partial charge in [0.2, 0.25) is 0 Å². The number of methoxy groups -OCH3 is 3. The number of H-pyrrole nitrogens is 6. The Morgan fingerprint density at radius 2 is 0.806 bits per heavy atom. The van der Waals surface area contributed by atoms with Gasteiger partial charge in [-0.05, 0) is 140 Å². The van der Waals surface area contributed by atoms with Gasteiger partial charge in [0.1, 0.15) is 88.9 Å². The molecule has 8 N–H and O–H groups in total. The van der Waals surface area contributed by atoms with Crippen molar-refractivity contribution >= 4 is 204 Å². The number of morpholine rings is 1. The lowest BCUT2D eigenvalue weighted by Crippen LogP contribution is -2.46. The quantitative estimate of drug-likeness (QED) is 0.0370. The molecule has 2 fully saturated rings. The Morgan fingerprint density at radius 1 is 0.403 bits per heavy atom. The summed E-state index contributed by atoms with van der Waals surface area (Å²) in [5.74, 6) is 1.35. The summed E-state index contributed by atoms with van der Waals surface area (Å²) in [7, 11) is 6.08. The Bertz CT molecular complexity index is 7270. The molecule has 124 heavy (non-hydrogen) atoms. The monoisotopic (exact) mass is 1660 g/mol. The number of hydrogen-bond donors (Lipinski definition) is 8. The fourth-order valence-electron chi connectivity index (χ4n) is 15.3. The van der Waals surface area contributed by atoms with Crippen LogP contribution in [0.25, 0.3) is 131 Å². The Morgan fingerprint density at radius 3 is 1.26 bits per heavy atom. The van der Waals surface area contributed by atoms with Crippen LogP contribution in [0.15, 0.2) is 189 Å². The second kappa shape index (κ2) is 35.6. The summed E-state index contributed by atoms with van der Waals surface area (Å²) in [5, 5.41) is 20.4. The highest BCUT2D eigenvalue weighted by Crippen LogP contribution is 2.38. The lowest BCUT2D eigenvalue weighted by Gasteiger charge is -2.36. The first kappa shape index (κ1) is 81.2. The fourth-order valence-corrected chi connectivity index (χ4v) is 15.3. The zero-order valence-corrected chi connectivity index (χ0v) is 67.2. The number of piperazine rings is 1. The van der Waals surface area contributed by atoms with Gasteiger partial charge in [0.15, 0.2) is 29.4 Å². The van der Waals surface area contributed by atoms with Crippen molar-refractivity contribution in [3.05, 3.63) is 245 Å². The van der Waals surface area contributed by atoms with Crippen molar-refractivity contribution in [1.29, 1.82) is 0 Å². The zero-order valence-electron chi connectivity index (χ0n) is 67.2. The van der Waals surface area contributed by atoms with Crippen molar-refractivity contribution in [2.45, 2.75) is 6.92 Å². The van der Waals surface area contributed by atoms with E-state index < -0.39 is 11.9 Å². The van der Waals surface area contributed by atoms with E-state index in [1.807, 2.05) is 67.6 Å². The van der Waals surface area contributed by atoms with Crippen LogP contribution >= 0.6 is 0 Å². The number of nitrogens with one attached hydrogen (secondary N) is 7. The number of carboxylic acids is 1. The minimum atomic E-state index is -1.07. The number of carboxylic acid groups (broad SMARTS) is 1. The number of nitrogens with zero attached hydrogens (tertiary/aromatic N) is 11. The van der Waals surface area contributed by atoms with E-state index in [1.165, 1.54) is 25.1 Å². The number of amides is 1. The number of pyridine rings is 4. The average Bonchev–Trinajstić information content (AvgIpc) is 1.67. The Balaban J connectivity index is 0.000000111. The van der Waals surface area contributed by atoms with E-state index in [2.05, 4.69) is 119 Å². The van der Waals surface area contributed by atoms with Gasteiger partial charge >= 0.3 is 11.9 Å². The molecule has 0 aliphatic carbocycles. The first-order valence-electron chi connectivity index (χ1n) is 39.0. The molecular formula is C92H76N18O14. The predicted octanol–water partition coefficient (Wildman–Crippen LogP) is 14.3. The number of hydrogen-bond acceptors (Lipinski definition) is 24. The molecule has 21 rings (SSSR count). The van der Waals surface area contributed by atoms with E-state index in [4.69, 9.17) is 19.3 Å². The average molecular weight is 1660 g/mol. The molecule has 12 aromatic heterocycles. The van der Waals surface area contributed by atoms with Gasteiger partial charge in [-0.2, -0.15) is 0 Å². The van der Waals surface area contributed by atoms with Crippen LogP contribution in [0.4, 0.5) is 17.3 Å². The summed E-state index contributed by atoms with van der Waals surface area (Å²) < 4.78 is 20.7. The van der Waals surface area contributed by atoms with E-state index in [0.717, 1.165) is 225 Å². The fraction of sp³-hybridized carbons (Fsp3) is 0.141. The molecule has 618 valence electrons. The molecule has 2 aliphatic rings. The number of aldehydes is 6. The van der Waals surface area contributed by atoms with Crippen molar-refractivity contribution < 1.29 is 67.2 Å². The molecule has 0 unspecified atom stereocenters. The number of aryl methyl sites for hydroxylation is 1. The molecule has 32 heteroatoms. The molecule has 0 spiro atoms. The minimum Gasteiger partial charge on any atom is -0.493 e. The lowest BCUT2D eigenvalue weighted by molar-refractivity contribution is 0.0592. The van der Waals surface area contributed by atoms with Crippen LogP contribution in [0.5, 0.6) is 11.5 Å². The third kappa shape index (κ3) is 16.3. The number of benzene rings is 7. The Labute approximate surface area is 702 Å². The molecule has 0 atom stereocenters. The molecule has 0 saturated carbocycles. The third-order valence-corrected chi connectivity index (χ3v) is 21.5. The number of aromatic nitrogens is 14. The molecule has 2 saturated heterocycles. The topological polar surface area (TPSA) is 430 Å². The molecule has 1 amide bonds. The number of carbonyl (C=O) groups is 9. The van der Waals surface area contributed by atoms with Crippen molar-refractivity contribution in [2.24, 2.45) is 0 Å². The predicted molar refractivity (Wildman–Crippen MR) is 473 cm³/mol. The number of anilines is 3. The van der Waals surface area contributed by atoms with Crippen LogP contribution in [-0.2, 0) is 9.47 Å². The molecular weight excluding hydrogens is 1580 g/mol. The van der Waals surface area contributed by atoms with Gasteiger partial charge in [-0.25, -0.2) is 49.5 Å². The van der Waals surface area contributed by atoms with Crippen LogP contribution in [0.1, 0.15) is 99.4 Å². The van der Waals surface area contributed by atoms with Gasteiger partial charge in [0, 0.05) is 167 Å².